The van der Waals surface area contributed by atoms with Crippen LogP contribution in [-0.4, -0.2) is 9.13 Å². The zero-order chi connectivity index (χ0) is 29.2. The molecule has 0 N–H and O–H groups in total. The molecule has 0 amide bonds. The highest BCUT2D eigenvalue weighted by molar-refractivity contribution is 6.23. The van der Waals surface area contributed by atoms with E-state index in [1.54, 1.807) is 0 Å². The van der Waals surface area contributed by atoms with E-state index in [9.17, 15) is 0 Å². The van der Waals surface area contributed by atoms with Crippen LogP contribution in [0, 0.1) is 0 Å². The minimum absolute atomic E-state index is 1.03. The highest BCUT2D eigenvalue weighted by Gasteiger charge is 2.36. The minimum Gasteiger partial charge on any atom is -0.313 e. The predicted octanol–water partition coefficient (Wildman–Crippen LogP) is 11.1. The van der Waals surface area contributed by atoms with Gasteiger partial charge in [-0.15, -0.1) is 0 Å². The largest absolute Gasteiger partial charge is 0.313 e. The van der Waals surface area contributed by atoms with E-state index in [1.807, 2.05) is 0 Å². The van der Waals surface area contributed by atoms with Gasteiger partial charge in [0, 0.05) is 44.2 Å². The molecule has 6 aromatic carbocycles. The van der Waals surface area contributed by atoms with Crippen LogP contribution in [0.5, 0.6) is 0 Å². The van der Waals surface area contributed by atoms with Crippen LogP contribution in [0.15, 0.2) is 133 Å². The molecule has 3 aliphatic rings. The first-order chi connectivity index (χ1) is 22.4. The zero-order valence-electron chi connectivity index (χ0n) is 24.5. The number of anilines is 3. The first kappa shape index (κ1) is 23.6. The summed E-state index contributed by atoms with van der Waals surface area (Å²) in [6.07, 6.45) is 6.82. The highest BCUT2D eigenvalue weighted by atomic mass is 15.2. The van der Waals surface area contributed by atoms with E-state index in [0.29, 0.717) is 0 Å². The number of rotatable bonds is 1. The van der Waals surface area contributed by atoms with Gasteiger partial charge in [0.1, 0.15) is 0 Å². The summed E-state index contributed by atoms with van der Waals surface area (Å²) in [6.45, 7) is 0. The Morgan fingerprint density at radius 3 is 2.20 bits per heavy atom. The highest BCUT2D eigenvalue weighted by Crippen LogP contribution is 2.59. The molecule has 0 atom stereocenters. The second-order valence-corrected chi connectivity index (χ2v) is 12.4. The molecule has 0 spiro atoms. The maximum atomic E-state index is 2.57. The standard InChI is InChI=1S/C42H27N3/c1-2-12-26(13-3-1)43-34-19-9-7-17-32(34)40-37(43)24-25-38-39(40)29-16-5-4-14-27(29)30-22-23-31-28-15-6-8-18-33(28)44-35-20-10-11-21-36(35)45(38)41(30)42(31)44/h1-8,10-18,20-25H,9,19H2. The maximum absolute atomic E-state index is 2.57. The van der Waals surface area contributed by atoms with Crippen molar-refractivity contribution in [3.63, 3.8) is 0 Å². The van der Waals surface area contributed by atoms with Crippen LogP contribution in [0.3, 0.4) is 0 Å². The summed E-state index contributed by atoms with van der Waals surface area (Å²) in [5.74, 6) is 0. The fraction of sp³-hybridized carbons (Fsp3) is 0.0476. The number of hydrogen-bond acceptors (Lipinski definition) is 1. The molecular weight excluding hydrogens is 546 g/mol. The first-order valence-electron chi connectivity index (χ1n) is 15.9. The van der Waals surface area contributed by atoms with Crippen molar-refractivity contribution in [1.82, 2.24) is 9.13 Å². The van der Waals surface area contributed by atoms with E-state index in [0.717, 1.165) is 12.8 Å². The third kappa shape index (κ3) is 2.86. The molecule has 3 nitrogen and oxygen atoms in total. The zero-order valence-corrected chi connectivity index (χ0v) is 24.5. The van der Waals surface area contributed by atoms with Crippen LogP contribution in [-0.2, 0) is 6.42 Å². The number of allylic oxidation sites excluding steroid dienone is 1. The van der Waals surface area contributed by atoms with E-state index >= 15 is 0 Å². The first-order valence-corrected chi connectivity index (χ1v) is 15.9. The van der Waals surface area contributed by atoms with Crippen molar-refractivity contribution >= 4 is 55.8 Å². The van der Waals surface area contributed by atoms with Crippen molar-refractivity contribution in [2.24, 2.45) is 0 Å². The molecule has 3 heteroatoms. The van der Waals surface area contributed by atoms with Gasteiger partial charge in [-0.2, -0.15) is 0 Å². The second kappa shape index (κ2) is 8.43. The van der Waals surface area contributed by atoms with Crippen molar-refractivity contribution in [2.75, 3.05) is 4.90 Å². The van der Waals surface area contributed by atoms with Gasteiger partial charge in [0.05, 0.1) is 39.3 Å². The molecule has 0 saturated carbocycles. The van der Waals surface area contributed by atoms with Gasteiger partial charge in [0.25, 0.3) is 0 Å². The average molecular weight is 574 g/mol. The Balaban J connectivity index is 1.37. The Kier molecular flexibility index (Phi) is 4.43. The Hall–Kier alpha value is -5.80. The van der Waals surface area contributed by atoms with E-state index in [2.05, 4.69) is 154 Å². The van der Waals surface area contributed by atoms with Crippen molar-refractivity contribution in [3.8, 4) is 33.6 Å². The molecule has 8 aromatic rings. The Morgan fingerprint density at radius 1 is 0.511 bits per heavy atom. The number of benzene rings is 6. The lowest BCUT2D eigenvalue weighted by Crippen LogP contribution is -2.18. The number of hydrogen-bond donors (Lipinski definition) is 0. The Labute approximate surface area is 260 Å². The molecule has 45 heavy (non-hydrogen) atoms. The van der Waals surface area contributed by atoms with Crippen LogP contribution in [0.25, 0.3) is 72.4 Å². The van der Waals surface area contributed by atoms with Gasteiger partial charge in [-0.25, -0.2) is 0 Å². The van der Waals surface area contributed by atoms with Gasteiger partial charge < -0.3 is 14.0 Å². The van der Waals surface area contributed by atoms with Gasteiger partial charge in [0.2, 0.25) is 0 Å². The van der Waals surface area contributed by atoms with Crippen LogP contribution in [0.1, 0.15) is 17.7 Å². The second-order valence-electron chi connectivity index (χ2n) is 12.4. The SMILES string of the molecule is C1=Cc2c(n(-c3ccccc3)c3ccc4c(c23)-c2ccccc2-c2ccc3c5ccccc5n5c3c2N4c2ccccc2-5)CC1. The molecule has 0 radical (unpaired) electrons. The number of aromatic nitrogens is 2. The quantitative estimate of drug-likeness (QED) is 0.190. The summed E-state index contributed by atoms with van der Waals surface area (Å²) in [5, 5.41) is 3.92. The third-order valence-corrected chi connectivity index (χ3v) is 10.2. The summed E-state index contributed by atoms with van der Waals surface area (Å²) in [6, 6.07) is 47.2. The molecule has 0 unspecified atom stereocenters. The predicted molar refractivity (Wildman–Crippen MR) is 188 cm³/mol. The Bertz CT molecular complexity index is 2600. The monoisotopic (exact) mass is 573 g/mol. The topological polar surface area (TPSA) is 13.1 Å². The van der Waals surface area contributed by atoms with Crippen molar-refractivity contribution in [2.45, 2.75) is 12.8 Å². The maximum Gasteiger partial charge on any atom is 0.0789 e. The van der Waals surface area contributed by atoms with Crippen LogP contribution >= 0.6 is 0 Å². The van der Waals surface area contributed by atoms with Gasteiger partial charge in [-0.1, -0.05) is 97.1 Å². The van der Waals surface area contributed by atoms with Crippen LogP contribution < -0.4 is 4.90 Å². The molecule has 0 saturated heterocycles. The molecule has 210 valence electrons. The number of fused-ring (bicyclic) bond motifs is 15. The lowest BCUT2D eigenvalue weighted by molar-refractivity contribution is 0.888. The van der Waals surface area contributed by atoms with Crippen molar-refractivity contribution in [3.05, 3.63) is 145 Å². The molecule has 1 aliphatic carbocycles. The molecule has 2 aliphatic heterocycles. The summed E-state index contributed by atoms with van der Waals surface area (Å²) in [5.41, 5.74) is 17.8. The van der Waals surface area contributed by atoms with Gasteiger partial charge in [0.15, 0.2) is 0 Å². The molecule has 11 rings (SSSR count). The summed E-state index contributed by atoms with van der Waals surface area (Å²) in [7, 11) is 0. The van der Waals surface area contributed by atoms with E-state index in [1.165, 1.54) is 94.7 Å². The van der Waals surface area contributed by atoms with Gasteiger partial charge in [-0.3, -0.25) is 0 Å². The fourth-order valence-corrected chi connectivity index (χ4v) is 8.51. The average Bonchev–Trinajstić information content (AvgIpc) is 3.59. The molecular formula is C42H27N3. The van der Waals surface area contributed by atoms with Crippen LogP contribution in [0.2, 0.25) is 0 Å². The summed E-state index contributed by atoms with van der Waals surface area (Å²) in [4.78, 5) is 2.57. The summed E-state index contributed by atoms with van der Waals surface area (Å²) >= 11 is 0. The van der Waals surface area contributed by atoms with Crippen molar-refractivity contribution < 1.29 is 0 Å². The van der Waals surface area contributed by atoms with E-state index in [-0.39, 0.29) is 0 Å². The lowest BCUT2D eigenvalue weighted by atomic mass is 9.90. The van der Waals surface area contributed by atoms with E-state index in [4.69, 9.17) is 0 Å². The normalized spacial score (nSPS) is 13.9. The molecule has 4 heterocycles. The Morgan fingerprint density at radius 2 is 1.29 bits per heavy atom. The fourth-order valence-electron chi connectivity index (χ4n) is 8.51. The van der Waals surface area contributed by atoms with E-state index < -0.39 is 0 Å². The molecule has 2 aromatic heterocycles. The van der Waals surface area contributed by atoms with Crippen LogP contribution in [0.4, 0.5) is 17.1 Å². The lowest BCUT2D eigenvalue weighted by Gasteiger charge is -2.34. The summed E-state index contributed by atoms with van der Waals surface area (Å²) < 4.78 is 5.01. The smallest absolute Gasteiger partial charge is 0.0789 e. The number of para-hydroxylation sites is 4. The molecule has 0 bridgehead atoms. The number of nitrogens with zero attached hydrogens (tertiary/aromatic N) is 3. The van der Waals surface area contributed by atoms with Gasteiger partial charge >= 0.3 is 0 Å². The van der Waals surface area contributed by atoms with Gasteiger partial charge in [-0.05, 0) is 66.4 Å². The molecule has 0 fully saturated rings. The van der Waals surface area contributed by atoms with Crippen molar-refractivity contribution in [1.29, 1.82) is 0 Å². The third-order valence-electron chi connectivity index (χ3n) is 10.2. The minimum atomic E-state index is 1.03.